The molecule has 0 aliphatic heterocycles. The molecule has 5 heteroatoms. The van der Waals surface area contributed by atoms with E-state index >= 15 is 0 Å². The van der Waals surface area contributed by atoms with E-state index in [1.807, 2.05) is 25.1 Å². The third kappa shape index (κ3) is 2.91. The summed E-state index contributed by atoms with van der Waals surface area (Å²) in [7, 11) is 1.74. The number of anilines is 1. The largest absolute Gasteiger partial charge is 0.383 e. The molecule has 2 rings (SSSR count). The van der Waals surface area contributed by atoms with Crippen molar-refractivity contribution in [3.05, 3.63) is 58.7 Å². The molecule has 0 saturated heterocycles. The van der Waals surface area contributed by atoms with Gasteiger partial charge in [-0.2, -0.15) is 0 Å². The van der Waals surface area contributed by atoms with Crippen molar-refractivity contribution in [2.45, 2.75) is 13.0 Å². The SMILES string of the molecule is CC(c1cccc(Cl)c1)N(C)C(=O)c1cccnc1N. The average Bonchev–Trinajstić information content (AvgIpc) is 2.45. The minimum Gasteiger partial charge on any atom is -0.383 e. The normalized spacial score (nSPS) is 11.9. The van der Waals surface area contributed by atoms with E-state index in [-0.39, 0.29) is 17.8 Å². The van der Waals surface area contributed by atoms with Gasteiger partial charge in [0, 0.05) is 18.3 Å². The molecule has 1 unspecified atom stereocenters. The number of halogens is 1. The number of aromatic nitrogens is 1. The summed E-state index contributed by atoms with van der Waals surface area (Å²) in [4.78, 5) is 18.0. The molecule has 0 fully saturated rings. The molecule has 1 amide bonds. The Labute approximate surface area is 123 Å². The lowest BCUT2D eigenvalue weighted by atomic mass is 10.1. The smallest absolute Gasteiger partial charge is 0.257 e. The van der Waals surface area contributed by atoms with E-state index < -0.39 is 0 Å². The fraction of sp³-hybridized carbons (Fsp3) is 0.200. The summed E-state index contributed by atoms with van der Waals surface area (Å²) in [6, 6.07) is 10.7. The molecule has 4 nitrogen and oxygen atoms in total. The van der Waals surface area contributed by atoms with Crippen LogP contribution in [0.3, 0.4) is 0 Å². The van der Waals surface area contributed by atoms with Crippen LogP contribution in [0, 0.1) is 0 Å². The average molecular weight is 290 g/mol. The Hall–Kier alpha value is -2.07. The second-order valence-corrected chi connectivity index (χ2v) is 5.02. The highest BCUT2D eigenvalue weighted by molar-refractivity contribution is 6.30. The van der Waals surface area contributed by atoms with Crippen LogP contribution in [0.2, 0.25) is 5.02 Å². The number of carbonyl (C=O) groups excluding carboxylic acids is 1. The van der Waals surface area contributed by atoms with Crippen LogP contribution in [0.4, 0.5) is 5.82 Å². The van der Waals surface area contributed by atoms with Gasteiger partial charge in [-0.25, -0.2) is 4.98 Å². The molecule has 2 N–H and O–H groups in total. The molecular weight excluding hydrogens is 274 g/mol. The van der Waals surface area contributed by atoms with Crippen LogP contribution < -0.4 is 5.73 Å². The number of carbonyl (C=O) groups is 1. The molecule has 0 aliphatic carbocycles. The van der Waals surface area contributed by atoms with Gasteiger partial charge in [0.2, 0.25) is 0 Å². The quantitative estimate of drug-likeness (QED) is 0.944. The van der Waals surface area contributed by atoms with Crippen LogP contribution in [-0.4, -0.2) is 22.8 Å². The molecule has 104 valence electrons. The maximum absolute atomic E-state index is 12.4. The Morgan fingerprint density at radius 3 is 2.75 bits per heavy atom. The van der Waals surface area contributed by atoms with Gasteiger partial charge in [-0.05, 0) is 36.8 Å². The third-order valence-electron chi connectivity index (χ3n) is 3.30. The van der Waals surface area contributed by atoms with E-state index in [1.54, 1.807) is 36.3 Å². The predicted molar refractivity (Wildman–Crippen MR) is 80.6 cm³/mol. The number of benzene rings is 1. The number of rotatable bonds is 3. The van der Waals surface area contributed by atoms with Crippen molar-refractivity contribution in [1.29, 1.82) is 0 Å². The van der Waals surface area contributed by atoms with Crippen LogP contribution in [0.1, 0.15) is 28.9 Å². The molecule has 0 aliphatic rings. The van der Waals surface area contributed by atoms with Gasteiger partial charge in [0.05, 0.1) is 11.6 Å². The Bertz CT molecular complexity index is 630. The van der Waals surface area contributed by atoms with Gasteiger partial charge in [-0.3, -0.25) is 4.79 Å². The van der Waals surface area contributed by atoms with Gasteiger partial charge in [-0.1, -0.05) is 23.7 Å². The maximum atomic E-state index is 12.4. The van der Waals surface area contributed by atoms with Crippen molar-refractivity contribution < 1.29 is 4.79 Å². The lowest BCUT2D eigenvalue weighted by Gasteiger charge is -2.25. The van der Waals surface area contributed by atoms with Gasteiger partial charge in [0.25, 0.3) is 5.91 Å². The van der Waals surface area contributed by atoms with Crippen LogP contribution >= 0.6 is 11.6 Å². The summed E-state index contributed by atoms with van der Waals surface area (Å²) in [6.45, 7) is 1.94. The molecule has 0 radical (unpaired) electrons. The van der Waals surface area contributed by atoms with Crippen LogP contribution in [0.15, 0.2) is 42.6 Å². The molecule has 0 spiro atoms. The van der Waals surface area contributed by atoms with Crippen LogP contribution in [0.5, 0.6) is 0 Å². The molecule has 1 heterocycles. The van der Waals surface area contributed by atoms with E-state index in [4.69, 9.17) is 17.3 Å². The van der Waals surface area contributed by atoms with Crippen molar-refractivity contribution in [2.75, 3.05) is 12.8 Å². The number of amides is 1. The van der Waals surface area contributed by atoms with E-state index in [1.165, 1.54) is 0 Å². The van der Waals surface area contributed by atoms with Gasteiger partial charge in [0.15, 0.2) is 0 Å². The van der Waals surface area contributed by atoms with Crippen molar-refractivity contribution in [1.82, 2.24) is 9.88 Å². The first-order valence-electron chi connectivity index (χ1n) is 6.24. The van der Waals surface area contributed by atoms with Crippen molar-refractivity contribution in [2.24, 2.45) is 0 Å². The fourth-order valence-electron chi connectivity index (χ4n) is 1.95. The van der Waals surface area contributed by atoms with Gasteiger partial charge in [0.1, 0.15) is 5.82 Å². The lowest BCUT2D eigenvalue weighted by molar-refractivity contribution is 0.0743. The van der Waals surface area contributed by atoms with Crippen LogP contribution in [0.25, 0.3) is 0 Å². The molecule has 20 heavy (non-hydrogen) atoms. The van der Waals surface area contributed by atoms with E-state index in [0.717, 1.165) is 5.56 Å². The second-order valence-electron chi connectivity index (χ2n) is 4.58. The summed E-state index contributed by atoms with van der Waals surface area (Å²) >= 11 is 5.98. The van der Waals surface area contributed by atoms with Gasteiger partial charge < -0.3 is 10.6 Å². The highest BCUT2D eigenvalue weighted by Crippen LogP contribution is 2.24. The van der Waals surface area contributed by atoms with E-state index in [2.05, 4.69) is 4.98 Å². The number of nitrogens with zero attached hydrogens (tertiary/aromatic N) is 2. The van der Waals surface area contributed by atoms with Gasteiger partial charge in [-0.15, -0.1) is 0 Å². The van der Waals surface area contributed by atoms with Crippen LogP contribution in [-0.2, 0) is 0 Å². The Morgan fingerprint density at radius 1 is 1.35 bits per heavy atom. The van der Waals surface area contributed by atoms with E-state index in [9.17, 15) is 4.79 Å². The minimum absolute atomic E-state index is 0.110. The zero-order valence-electron chi connectivity index (χ0n) is 11.4. The molecule has 0 saturated carbocycles. The molecule has 0 bridgehead atoms. The minimum atomic E-state index is -0.164. The van der Waals surface area contributed by atoms with E-state index in [0.29, 0.717) is 10.6 Å². The molecule has 1 aromatic heterocycles. The summed E-state index contributed by atoms with van der Waals surface area (Å²) < 4.78 is 0. The highest BCUT2D eigenvalue weighted by atomic mass is 35.5. The number of nitrogens with two attached hydrogens (primary N) is 1. The lowest BCUT2D eigenvalue weighted by Crippen LogP contribution is -2.30. The van der Waals surface area contributed by atoms with Crippen molar-refractivity contribution in [3.8, 4) is 0 Å². The fourth-order valence-corrected chi connectivity index (χ4v) is 2.15. The van der Waals surface area contributed by atoms with Crippen molar-refractivity contribution >= 4 is 23.3 Å². The zero-order valence-corrected chi connectivity index (χ0v) is 12.1. The molecular formula is C15H16ClN3O. The highest BCUT2D eigenvalue weighted by Gasteiger charge is 2.21. The predicted octanol–water partition coefficient (Wildman–Crippen LogP) is 3.15. The summed E-state index contributed by atoms with van der Waals surface area (Å²) in [5, 5.41) is 0.649. The maximum Gasteiger partial charge on any atom is 0.257 e. The molecule has 2 aromatic rings. The third-order valence-corrected chi connectivity index (χ3v) is 3.54. The second kappa shape index (κ2) is 5.92. The van der Waals surface area contributed by atoms with Crippen molar-refractivity contribution in [3.63, 3.8) is 0 Å². The Balaban J connectivity index is 2.25. The number of hydrogen-bond donors (Lipinski definition) is 1. The standard InChI is InChI=1S/C15H16ClN3O/c1-10(11-5-3-6-12(16)9-11)19(2)15(20)13-7-4-8-18-14(13)17/h3-10H,1-2H3,(H2,17,18). The van der Waals surface area contributed by atoms with Gasteiger partial charge >= 0.3 is 0 Å². The Kier molecular flexibility index (Phi) is 4.25. The first kappa shape index (κ1) is 14.3. The summed E-state index contributed by atoms with van der Waals surface area (Å²) in [5.74, 6) is 0.0747. The Morgan fingerprint density at radius 2 is 2.10 bits per heavy atom. The monoisotopic (exact) mass is 289 g/mol. The molecule has 1 aromatic carbocycles. The first-order valence-corrected chi connectivity index (χ1v) is 6.61. The molecule has 1 atom stereocenters. The topological polar surface area (TPSA) is 59.2 Å². The summed E-state index contributed by atoms with van der Waals surface area (Å²) in [6.07, 6.45) is 1.56. The number of pyridine rings is 1. The first-order chi connectivity index (χ1) is 9.50. The number of hydrogen-bond acceptors (Lipinski definition) is 3. The summed E-state index contributed by atoms with van der Waals surface area (Å²) in [5.41, 5.74) is 7.12. The zero-order chi connectivity index (χ0) is 14.7. The number of nitrogen functional groups attached to an aromatic ring is 1.